The van der Waals surface area contributed by atoms with E-state index in [0.717, 1.165) is 43.4 Å². The number of fused-ring (bicyclic) bond motifs is 3. The number of alkyl halides is 3. The molecule has 0 aromatic rings. The van der Waals surface area contributed by atoms with E-state index in [2.05, 4.69) is 20.8 Å². The lowest BCUT2D eigenvalue weighted by molar-refractivity contribution is -0.177. The molecule has 0 radical (unpaired) electrons. The van der Waals surface area contributed by atoms with Crippen molar-refractivity contribution in [1.82, 2.24) is 0 Å². The van der Waals surface area contributed by atoms with E-state index < -0.39 is 12.6 Å². The third-order valence-electron chi connectivity index (χ3n) is 10.1. The molecular formula is C27H47F3. The molecule has 0 saturated heterocycles. The molecule has 0 nitrogen and oxygen atoms in total. The zero-order valence-electron chi connectivity index (χ0n) is 20.3. The molecule has 0 N–H and O–H groups in total. The fourth-order valence-corrected chi connectivity index (χ4v) is 8.50. The monoisotopic (exact) mass is 428 g/mol. The lowest BCUT2D eigenvalue weighted by Crippen LogP contribution is -2.52. The second kappa shape index (κ2) is 9.34. The maximum absolute atomic E-state index is 13.3. The molecule has 3 heteroatoms. The molecule has 4 aliphatic rings. The minimum absolute atomic E-state index is 0.111. The van der Waals surface area contributed by atoms with Crippen molar-refractivity contribution in [1.29, 1.82) is 0 Å². The molecule has 0 amide bonds. The summed E-state index contributed by atoms with van der Waals surface area (Å²) < 4.78 is 40.0. The van der Waals surface area contributed by atoms with Gasteiger partial charge in [0.05, 0.1) is 0 Å². The first-order chi connectivity index (χ1) is 14.2. The summed E-state index contributed by atoms with van der Waals surface area (Å²) in [6.07, 6.45) is 10.2. The zero-order valence-corrected chi connectivity index (χ0v) is 20.3. The van der Waals surface area contributed by atoms with Gasteiger partial charge in [-0.1, -0.05) is 60.3 Å². The van der Waals surface area contributed by atoms with Crippen molar-refractivity contribution in [3.8, 4) is 0 Å². The van der Waals surface area contributed by atoms with Gasteiger partial charge in [0.2, 0.25) is 0 Å². The molecule has 0 bridgehead atoms. The van der Waals surface area contributed by atoms with Gasteiger partial charge < -0.3 is 0 Å². The normalized spacial score (nSPS) is 43.4. The van der Waals surface area contributed by atoms with E-state index in [-0.39, 0.29) is 11.3 Å². The van der Waals surface area contributed by atoms with Gasteiger partial charge in [-0.3, -0.25) is 0 Å². The van der Waals surface area contributed by atoms with Gasteiger partial charge in [-0.15, -0.1) is 0 Å². The molecule has 4 rings (SSSR count). The van der Waals surface area contributed by atoms with E-state index >= 15 is 0 Å². The van der Waals surface area contributed by atoms with Crippen LogP contribution in [-0.4, -0.2) is 6.18 Å². The van der Waals surface area contributed by atoms with Gasteiger partial charge in [0, 0.05) is 6.42 Å². The van der Waals surface area contributed by atoms with Gasteiger partial charge in [-0.25, -0.2) is 0 Å². The Labute approximate surface area is 184 Å². The average Bonchev–Trinajstić information content (AvgIpc) is 3.45. The Balaban J connectivity index is 0.00000124. The van der Waals surface area contributed by atoms with Gasteiger partial charge in [0.1, 0.15) is 0 Å². The standard InChI is InChI=1S/C25H41F3.C2H6/c1-4-14-23(2)19(16-25(26,27)28)9-11-20-21-12-10-18(8-7-17-5-6-17)24(21,3)15-13-22(20)23;1-2/h17-22H,4-16H2,1-3H3;1-2H3. The minimum atomic E-state index is -4.02. The van der Waals surface area contributed by atoms with Crippen LogP contribution in [0.4, 0.5) is 13.2 Å². The third kappa shape index (κ3) is 4.75. The van der Waals surface area contributed by atoms with Crippen LogP contribution in [0.15, 0.2) is 0 Å². The zero-order chi connectivity index (χ0) is 22.2. The van der Waals surface area contributed by atoms with Gasteiger partial charge in [0.25, 0.3) is 0 Å². The van der Waals surface area contributed by atoms with E-state index in [9.17, 15) is 13.2 Å². The second-order valence-electron chi connectivity index (χ2n) is 11.6. The fourth-order valence-electron chi connectivity index (χ4n) is 8.50. The molecule has 7 atom stereocenters. The van der Waals surface area contributed by atoms with Crippen molar-refractivity contribution in [3.05, 3.63) is 0 Å². The molecule has 0 spiro atoms. The summed E-state index contributed by atoms with van der Waals surface area (Å²) in [5.74, 6) is 3.72. The van der Waals surface area contributed by atoms with E-state index in [1.807, 2.05) is 13.8 Å². The summed E-state index contributed by atoms with van der Waals surface area (Å²) in [7, 11) is 0. The Morgan fingerprint density at radius 2 is 1.47 bits per heavy atom. The van der Waals surface area contributed by atoms with Gasteiger partial charge in [0.15, 0.2) is 0 Å². The molecule has 4 fully saturated rings. The first kappa shape index (κ1) is 24.4. The van der Waals surface area contributed by atoms with E-state index in [0.29, 0.717) is 17.3 Å². The number of hydrogen-bond donors (Lipinski definition) is 0. The summed E-state index contributed by atoms with van der Waals surface area (Å²) >= 11 is 0. The fraction of sp³-hybridized carbons (Fsp3) is 1.00. The Bertz CT molecular complexity index is 551. The second-order valence-corrected chi connectivity index (χ2v) is 11.6. The summed E-state index contributed by atoms with van der Waals surface area (Å²) in [6.45, 7) is 11.0. The quantitative estimate of drug-likeness (QED) is 0.395. The SMILES string of the molecule is CC.CCCC1(C)C(CC(F)(F)F)CCC2C3CCC(CCC4CC4)C3(C)CCC21. The summed E-state index contributed by atoms with van der Waals surface area (Å²) in [5.41, 5.74) is 0.362. The van der Waals surface area contributed by atoms with Crippen LogP contribution in [0.25, 0.3) is 0 Å². The maximum Gasteiger partial charge on any atom is 0.389 e. The molecule has 30 heavy (non-hydrogen) atoms. The Kier molecular flexibility index (Phi) is 7.61. The molecule has 0 aromatic heterocycles. The number of rotatable bonds is 6. The van der Waals surface area contributed by atoms with Crippen LogP contribution in [0.2, 0.25) is 0 Å². The minimum Gasteiger partial charge on any atom is -0.171 e. The first-order valence-corrected chi connectivity index (χ1v) is 13.2. The van der Waals surface area contributed by atoms with Crippen LogP contribution >= 0.6 is 0 Å². The van der Waals surface area contributed by atoms with Gasteiger partial charge in [-0.05, 0) is 97.7 Å². The van der Waals surface area contributed by atoms with E-state index in [4.69, 9.17) is 0 Å². The van der Waals surface area contributed by atoms with Crippen molar-refractivity contribution < 1.29 is 13.2 Å². The van der Waals surface area contributed by atoms with Gasteiger partial charge in [-0.2, -0.15) is 13.2 Å². The van der Waals surface area contributed by atoms with Crippen LogP contribution in [0.5, 0.6) is 0 Å². The summed E-state index contributed by atoms with van der Waals surface area (Å²) in [6, 6.07) is 0. The van der Waals surface area contributed by atoms with Gasteiger partial charge >= 0.3 is 6.18 Å². The Morgan fingerprint density at radius 1 is 0.800 bits per heavy atom. The van der Waals surface area contributed by atoms with Crippen LogP contribution < -0.4 is 0 Å². The Hall–Kier alpha value is -0.210. The molecule has 7 unspecified atom stereocenters. The smallest absolute Gasteiger partial charge is 0.171 e. The third-order valence-corrected chi connectivity index (χ3v) is 10.1. The van der Waals surface area contributed by atoms with E-state index in [1.165, 1.54) is 51.4 Å². The van der Waals surface area contributed by atoms with Crippen molar-refractivity contribution in [2.24, 2.45) is 46.3 Å². The predicted molar refractivity (Wildman–Crippen MR) is 120 cm³/mol. The lowest BCUT2D eigenvalue weighted by Gasteiger charge is -2.59. The average molecular weight is 429 g/mol. The van der Waals surface area contributed by atoms with Crippen LogP contribution in [0.1, 0.15) is 118 Å². The topological polar surface area (TPSA) is 0 Å². The highest BCUT2D eigenvalue weighted by atomic mass is 19.4. The molecule has 0 heterocycles. The Morgan fingerprint density at radius 3 is 2.07 bits per heavy atom. The van der Waals surface area contributed by atoms with Crippen LogP contribution in [-0.2, 0) is 0 Å². The predicted octanol–water partition coefficient (Wildman–Crippen LogP) is 9.43. The molecule has 4 aliphatic carbocycles. The van der Waals surface area contributed by atoms with Crippen molar-refractivity contribution in [2.75, 3.05) is 0 Å². The van der Waals surface area contributed by atoms with Crippen molar-refractivity contribution in [2.45, 2.75) is 124 Å². The molecule has 0 aromatic carbocycles. The van der Waals surface area contributed by atoms with Crippen molar-refractivity contribution in [3.63, 3.8) is 0 Å². The van der Waals surface area contributed by atoms with E-state index in [1.54, 1.807) is 0 Å². The molecule has 176 valence electrons. The first-order valence-electron chi connectivity index (χ1n) is 13.2. The summed E-state index contributed by atoms with van der Waals surface area (Å²) in [4.78, 5) is 0. The highest BCUT2D eigenvalue weighted by molar-refractivity contribution is 5.08. The molecule has 4 saturated carbocycles. The maximum atomic E-state index is 13.3. The largest absolute Gasteiger partial charge is 0.389 e. The van der Waals surface area contributed by atoms with Crippen LogP contribution in [0.3, 0.4) is 0 Å². The van der Waals surface area contributed by atoms with Crippen LogP contribution in [0, 0.1) is 46.3 Å². The number of halogens is 3. The molecular weight excluding hydrogens is 381 g/mol. The summed E-state index contributed by atoms with van der Waals surface area (Å²) in [5, 5.41) is 0. The van der Waals surface area contributed by atoms with Crippen molar-refractivity contribution >= 4 is 0 Å². The highest BCUT2D eigenvalue weighted by Crippen LogP contribution is 2.67. The highest BCUT2D eigenvalue weighted by Gasteiger charge is 2.59. The lowest BCUT2D eigenvalue weighted by atomic mass is 9.46. The molecule has 0 aliphatic heterocycles. The number of hydrogen-bond acceptors (Lipinski definition) is 0.